The van der Waals surface area contributed by atoms with Gasteiger partial charge in [0.15, 0.2) is 0 Å². The molecule has 19 heavy (non-hydrogen) atoms. The number of hydrogen-bond donors (Lipinski definition) is 2. The first-order valence-corrected chi connectivity index (χ1v) is 7.11. The topological polar surface area (TPSA) is 83.6 Å². The molecule has 0 aliphatic heterocycles. The Bertz CT molecular complexity index is 269. The molecule has 0 aromatic carbocycles. The highest BCUT2D eigenvalue weighted by molar-refractivity contribution is 5.81. The molecule has 0 aromatic rings. The van der Waals surface area contributed by atoms with Crippen LogP contribution in [0.15, 0.2) is 0 Å². The molecule has 0 saturated heterocycles. The summed E-state index contributed by atoms with van der Waals surface area (Å²) in [6.07, 6.45) is 5.60. The lowest BCUT2D eigenvalue weighted by atomic mass is 10.0. The van der Waals surface area contributed by atoms with E-state index in [0.29, 0.717) is 6.54 Å². The summed E-state index contributed by atoms with van der Waals surface area (Å²) in [5, 5.41) is 8.52. The number of hydrogen-bond acceptors (Lipinski definition) is 4. The van der Waals surface area contributed by atoms with E-state index in [9.17, 15) is 9.59 Å². The zero-order valence-corrected chi connectivity index (χ0v) is 12.2. The number of carbonyl (C=O) groups excluding carboxylic acids is 1. The van der Waals surface area contributed by atoms with Crippen molar-refractivity contribution in [2.75, 3.05) is 20.1 Å². The van der Waals surface area contributed by atoms with Crippen LogP contribution in [0.25, 0.3) is 0 Å². The van der Waals surface area contributed by atoms with Gasteiger partial charge in [0.1, 0.15) is 5.78 Å². The zero-order chi connectivity index (χ0) is 14.7. The number of nitrogens with zero attached hydrogens (tertiary/aromatic N) is 1. The second kappa shape index (κ2) is 10.9. The maximum absolute atomic E-state index is 11.6. The van der Waals surface area contributed by atoms with Gasteiger partial charge in [0, 0.05) is 6.42 Å². The first kappa shape index (κ1) is 18.1. The molecule has 5 nitrogen and oxygen atoms in total. The van der Waals surface area contributed by atoms with Crippen LogP contribution in [-0.2, 0) is 9.59 Å². The van der Waals surface area contributed by atoms with Crippen LogP contribution in [0.2, 0.25) is 0 Å². The number of nitrogens with two attached hydrogens (primary N) is 1. The van der Waals surface area contributed by atoms with E-state index < -0.39 is 5.97 Å². The number of Topliss-reactive ketones (excluding diaryl/α,β-unsaturated/α-hetero) is 1. The quantitative estimate of drug-likeness (QED) is 0.528. The Morgan fingerprint density at radius 1 is 1.16 bits per heavy atom. The monoisotopic (exact) mass is 272 g/mol. The third-order valence-corrected chi connectivity index (χ3v) is 3.33. The lowest BCUT2D eigenvalue weighted by molar-refractivity contribution is -0.137. The molecule has 0 fully saturated rings. The highest BCUT2D eigenvalue weighted by Gasteiger charge is 2.18. The lowest BCUT2D eigenvalue weighted by Gasteiger charge is -2.25. The highest BCUT2D eigenvalue weighted by Crippen LogP contribution is 2.12. The average Bonchev–Trinajstić information content (AvgIpc) is 2.34. The van der Waals surface area contributed by atoms with Gasteiger partial charge in [0.25, 0.3) is 0 Å². The summed E-state index contributed by atoms with van der Waals surface area (Å²) >= 11 is 0. The smallest absolute Gasteiger partial charge is 0.303 e. The van der Waals surface area contributed by atoms with Crippen LogP contribution in [0.1, 0.15) is 51.9 Å². The molecule has 1 atom stereocenters. The first-order valence-electron chi connectivity index (χ1n) is 7.11. The minimum absolute atomic E-state index is 0.0222. The van der Waals surface area contributed by atoms with Crippen molar-refractivity contribution in [3.63, 3.8) is 0 Å². The van der Waals surface area contributed by atoms with E-state index >= 15 is 0 Å². The number of carboxylic acid groups (broad SMARTS) is 1. The second-order valence-corrected chi connectivity index (χ2v) is 5.10. The summed E-state index contributed by atoms with van der Waals surface area (Å²) in [7, 11) is 1.96. The van der Waals surface area contributed by atoms with Crippen LogP contribution in [-0.4, -0.2) is 47.9 Å². The third-order valence-electron chi connectivity index (χ3n) is 3.33. The second-order valence-electron chi connectivity index (χ2n) is 5.10. The molecule has 0 spiro atoms. The van der Waals surface area contributed by atoms with Gasteiger partial charge in [-0.3, -0.25) is 14.5 Å². The Labute approximate surface area is 116 Å². The predicted octanol–water partition coefficient (Wildman–Crippen LogP) is 1.65. The molecule has 0 rings (SSSR count). The first-order chi connectivity index (χ1) is 8.99. The number of carboxylic acids is 1. The van der Waals surface area contributed by atoms with Crippen LogP contribution in [0, 0.1) is 0 Å². The van der Waals surface area contributed by atoms with Gasteiger partial charge in [-0.2, -0.15) is 0 Å². The van der Waals surface area contributed by atoms with Crippen molar-refractivity contribution in [2.24, 2.45) is 5.73 Å². The normalized spacial score (nSPS) is 12.6. The lowest BCUT2D eigenvalue weighted by Crippen LogP contribution is -2.38. The highest BCUT2D eigenvalue weighted by atomic mass is 16.4. The summed E-state index contributed by atoms with van der Waals surface area (Å²) < 4.78 is 0. The molecule has 0 aliphatic carbocycles. The number of rotatable bonds is 12. The van der Waals surface area contributed by atoms with Gasteiger partial charge in [0.05, 0.1) is 6.04 Å². The fraction of sp³-hybridized carbons (Fsp3) is 0.857. The maximum atomic E-state index is 11.6. The van der Waals surface area contributed by atoms with E-state index in [2.05, 4.69) is 4.90 Å². The van der Waals surface area contributed by atoms with Gasteiger partial charge < -0.3 is 10.8 Å². The molecule has 0 aliphatic rings. The van der Waals surface area contributed by atoms with Gasteiger partial charge in [-0.05, 0) is 46.3 Å². The van der Waals surface area contributed by atoms with E-state index in [0.717, 1.165) is 45.1 Å². The van der Waals surface area contributed by atoms with Crippen molar-refractivity contribution in [1.29, 1.82) is 0 Å². The summed E-state index contributed by atoms with van der Waals surface area (Å²) in [6.45, 7) is 3.12. The van der Waals surface area contributed by atoms with Crippen molar-refractivity contribution < 1.29 is 14.7 Å². The fourth-order valence-corrected chi connectivity index (χ4v) is 2.20. The van der Waals surface area contributed by atoms with Crippen molar-refractivity contribution in [3.8, 4) is 0 Å². The molecule has 3 N–H and O–H groups in total. The van der Waals surface area contributed by atoms with Crippen LogP contribution in [0.3, 0.4) is 0 Å². The van der Waals surface area contributed by atoms with Gasteiger partial charge in [-0.15, -0.1) is 0 Å². The minimum atomic E-state index is -0.733. The molecular weight excluding hydrogens is 244 g/mol. The zero-order valence-electron chi connectivity index (χ0n) is 12.2. The Morgan fingerprint density at radius 2 is 1.79 bits per heavy atom. The molecule has 0 saturated carbocycles. The van der Waals surface area contributed by atoms with Crippen LogP contribution in [0.4, 0.5) is 0 Å². The van der Waals surface area contributed by atoms with E-state index in [1.54, 1.807) is 6.92 Å². The summed E-state index contributed by atoms with van der Waals surface area (Å²) in [4.78, 5) is 24.0. The van der Waals surface area contributed by atoms with Crippen molar-refractivity contribution in [2.45, 2.75) is 57.9 Å². The van der Waals surface area contributed by atoms with Crippen LogP contribution < -0.4 is 5.73 Å². The Kier molecular flexibility index (Phi) is 10.4. The van der Waals surface area contributed by atoms with Crippen molar-refractivity contribution >= 4 is 11.8 Å². The van der Waals surface area contributed by atoms with E-state index in [4.69, 9.17) is 10.8 Å². The summed E-state index contributed by atoms with van der Waals surface area (Å²) in [5.74, 6) is -0.534. The molecule has 0 radical (unpaired) electrons. The number of carbonyl (C=O) groups is 2. The third kappa shape index (κ3) is 9.62. The number of unbranched alkanes of at least 4 members (excludes halogenated alkanes) is 3. The van der Waals surface area contributed by atoms with Crippen LogP contribution in [0.5, 0.6) is 0 Å². The molecular formula is C14H28N2O3. The molecule has 0 aromatic heterocycles. The van der Waals surface area contributed by atoms with E-state index in [1.807, 2.05) is 7.05 Å². The average molecular weight is 272 g/mol. The number of likely N-dealkylation sites (N-methyl/N-ethyl adjacent to an activating group) is 1. The largest absolute Gasteiger partial charge is 0.481 e. The molecule has 0 amide bonds. The van der Waals surface area contributed by atoms with Gasteiger partial charge >= 0.3 is 5.97 Å². The Hall–Kier alpha value is -0.940. The predicted molar refractivity (Wildman–Crippen MR) is 76.1 cm³/mol. The number of aliphatic carboxylic acids is 1. The molecule has 0 bridgehead atoms. The van der Waals surface area contributed by atoms with Crippen molar-refractivity contribution in [3.05, 3.63) is 0 Å². The summed E-state index contributed by atoms with van der Waals surface area (Å²) in [5.41, 5.74) is 5.47. The van der Waals surface area contributed by atoms with E-state index in [-0.39, 0.29) is 18.2 Å². The maximum Gasteiger partial charge on any atom is 0.303 e. The molecule has 0 heterocycles. The Balaban J connectivity index is 3.82. The van der Waals surface area contributed by atoms with Gasteiger partial charge in [0.2, 0.25) is 0 Å². The van der Waals surface area contributed by atoms with Gasteiger partial charge in [-0.25, -0.2) is 0 Å². The SMILES string of the molecule is CC(=O)C(CCCCCCC(=O)O)N(C)CCCN. The standard InChI is InChI=1S/C14H28N2O3/c1-12(17)13(16(2)11-7-10-15)8-5-3-4-6-9-14(18)19/h13H,3-11,15H2,1-2H3,(H,18,19). The molecule has 1 unspecified atom stereocenters. The molecule has 112 valence electrons. The van der Waals surface area contributed by atoms with E-state index in [1.165, 1.54) is 0 Å². The van der Waals surface area contributed by atoms with Crippen LogP contribution >= 0.6 is 0 Å². The summed E-state index contributed by atoms with van der Waals surface area (Å²) in [6, 6.07) is -0.0222. The van der Waals surface area contributed by atoms with Crippen molar-refractivity contribution in [1.82, 2.24) is 4.90 Å². The minimum Gasteiger partial charge on any atom is -0.481 e. The number of ketones is 1. The van der Waals surface area contributed by atoms with Gasteiger partial charge in [-0.1, -0.05) is 19.3 Å². The molecule has 5 heteroatoms. The fourth-order valence-electron chi connectivity index (χ4n) is 2.20. The Morgan fingerprint density at radius 3 is 2.32 bits per heavy atom.